The van der Waals surface area contributed by atoms with Crippen LogP contribution in [0.3, 0.4) is 0 Å². The summed E-state index contributed by atoms with van der Waals surface area (Å²) in [4.78, 5) is 43.2. The van der Waals surface area contributed by atoms with Crippen molar-refractivity contribution in [3.05, 3.63) is 83.9 Å². The van der Waals surface area contributed by atoms with E-state index in [1.807, 2.05) is 37.3 Å². The van der Waals surface area contributed by atoms with Crippen molar-refractivity contribution >= 4 is 23.4 Å². The van der Waals surface area contributed by atoms with E-state index in [1.165, 1.54) is 19.1 Å². The van der Waals surface area contributed by atoms with Gasteiger partial charge in [-0.3, -0.25) is 14.4 Å². The maximum Gasteiger partial charge on any atom is 0.257 e. The molecule has 0 spiro atoms. The Bertz CT molecular complexity index is 1260. The number of hydrogen-bond donors (Lipinski definition) is 0. The topological polar surface area (TPSA) is 85.4 Å². The number of carbonyl (C=O) groups excluding carboxylic acids is 3. The summed E-state index contributed by atoms with van der Waals surface area (Å²) in [5, 5.41) is 0. The second kappa shape index (κ2) is 10.5. The molecule has 0 bridgehead atoms. The van der Waals surface area contributed by atoms with Gasteiger partial charge >= 0.3 is 0 Å². The monoisotopic (exact) mass is 488 g/mol. The van der Waals surface area contributed by atoms with Gasteiger partial charge in [-0.1, -0.05) is 30.3 Å². The number of amides is 3. The fourth-order valence-corrected chi connectivity index (χ4v) is 4.43. The fourth-order valence-electron chi connectivity index (χ4n) is 4.43. The lowest BCUT2D eigenvalue weighted by molar-refractivity contribution is -0.122. The summed E-state index contributed by atoms with van der Waals surface area (Å²) in [6, 6.07) is 19.5. The van der Waals surface area contributed by atoms with Crippen LogP contribution >= 0.6 is 0 Å². The molecule has 0 radical (unpaired) electrons. The zero-order valence-electron chi connectivity index (χ0n) is 20.6. The van der Waals surface area contributed by atoms with Crippen molar-refractivity contribution < 1.29 is 28.6 Å². The lowest BCUT2D eigenvalue weighted by atomic mass is 10.0. The van der Waals surface area contributed by atoms with Crippen molar-refractivity contribution in [2.75, 3.05) is 26.2 Å². The van der Waals surface area contributed by atoms with E-state index >= 15 is 0 Å². The van der Waals surface area contributed by atoms with E-state index in [4.69, 9.17) is 14.2 Å². The average Bonchev–Trinajstić information content (AvgIpc) is 3.21. The first-order chi connectivity index (χ1) is 17.4. The molecule has 186 valence electrons. The molecular formula is C28H28N2O6. The van der Waals surface area contributed by atoms with Crippen LogP contribution in [0, 0.1) is 0 Å². The lowest BCUT2D eigenvalue weighted by Gasteiger charge is -2.34. The molecule has 0 aliphatic carbocycles. The highest BCUT2D eigenvalue weighted by atomic mass is 16.5. The average molecular weight is 489 g/mol. The molecule has 4 rings (SSSR count). The van der Waals surface area contributed by atoms with Crippen LogP contribution in [-0.2, 0) is 9.59 Å². The van der Waals surface area contributed by atoms with Gasteiger partial charge in [-0.2, -0.15) is 0 Å². The Labute approximate surface area is 210 Å². The minimum atomic E-state index is -0.976. The van der Waals surface area contributed by atoms with Crippen LogP contribution in [-0.4, -0.2) is 50.0 Å². The van der Waals surface area contributed by atoms with E-state index < -0.39 is 23.9 Å². The second-order valence-corrected chi connectivity index (χ2v) is 8.35. The largest absolute Gasteiger partial charge is 0.497 e. The first-order valence-electron chi connectivity index (χ1n) is 11.5. The molecule has 3 amide bonds. The van der Waals surface area contributed by atoms with Crippen LogP contribution in [0.15, 0.2) is 72.8 Å². The Hall–Kier alpha value is -4.33. The Kier molecular flexibility index (Phi) is 7.24. The summed E-state index contributed by atoms with van der Waals surface area (Å²) in [6.07, 6.45) is -0.124. The van der Waals surface area contributed by atoms with Crippen LogP contribution in [0.4, 0.5) is 5.69 Å². The van der Waals surface area contributed by atoms with Crippen molar-refractivity contribution in [3.8, 4) is 17.2 Å². The van der Waals surface area contributed by atoms with Crippen LogP contribution in [0.1, 0.15) is 35.3 Å². The number of rotatable bonds is 8. The summed E-state index contributed by atoms with van der Waals surface area (Å²) in [6.45, 7) is 1.85. The predicted octanol–water partition coefficient (Wildman–Crippen LogP) is 4.25. The smallest absolute Gasteiger partial charge is 0.257 e. The molecule has 0 N–H and O–H groups in total. The molecule has 0 aromatic heterocycles. The van der Waals surface area contributed by atoms with Gasteiger partial charge in [0.25, 0.3) is 11.8 Å². The molecule has 1 aliphatic rings. The molecule has 1 heterocycles. The van der Waals surface area contributed by atoms with Crippen LogP contribution in [0.5, 0.6) is 17.2 Å². The number of benzene rings is 3. The second-order valence-electron chi connectivity index (χ2n) is 8.35. The van der Waals surface area contributed by atoms with Crippen molar-refractivity contribution in [1.82, 2.24) is 4.90 Å². The quantitative estimate of drug-likeness (QED) is 0.441. The first kappa shape index (κ1) is 24.8. The number of ether oxygens (including phenoxy) is 3. The van der Waals surface area contributed by atoms with Gasteiger partial charge < -0.3 is 19.1 Å². The Morgan fingerprint density at radius 3 is 2.17 bits per heavy atom. The molecule has 0 saturated carbocycles. The third-order valence-electron chi connectivity index (χ3n) is 6.35. The highest BCUT2D eigenvalue weighted by molar-refractivity contribution is 6.23. The number of carbonyl (C=O) groups is 3. The van der Waals surface area contributed by atoms with E-state index in [-0.39, 0.29) is 12.3 Å². The zero-order chi connectivity index (χ0) is 25.8. The molecule has 2 atom stereocenters. The Morgan fingerprint density at radius 2 is 1.56 bits per heavy atom. The highest BCUT2D eigenvalue weighted by Crippen LogP contribution is 2.34. The number of methoxy groups -OCH3 is 3. The first-order valence-corrected chi connectivity index (χ1v) is 11.5. The molecule has 8 heteroatoms. The van der Waals surface area contributed by atoms with Crippen molar-refractivity contribution in [2.24, 2.45) is 0 Å². The summed E-state index contributed by atoms with van der Waals surface area (Å²) in [5.41, 5.74) is 1.59. The molecule has 1 fully saturated rings. The van der Waals surface area contributed by atoms with Crippen molar-refractivity contribution in [3.63, 3.8) is 0 Å². The minimum absolute atomic E-state index is 0.124. The molecule has 36 heavy (non-hydrogen) atoms. The van der Waals surface area contributed by atoms with E-state index in [9.17, 15) is 14.4 Å². The number of anilines is 1. The van der Waals surface area contributed by atoms with Gasteiger partial charge in [0.15, 0.2) is 11.5 Å². The van der Waals surface area contributed by atoms with Gasteiger partial charge in [-0.25, -0.2) is 4.90 Å². The SMILES string of the molecule is COc1ccc(N2C(=O)CC(N(C(=O)c3ccc(OC)c(OC)c3)C(C)c3ccccc3)C2=O)cc1. The van der Waals surface area contributed by atoms with Gasteiger partial charge in [-0.15, -0.1) is 0 Å². The van der Waals surface area contributed by atoms with Crippen LogP contribution in [0.25, 0.3) is 0 Å². The maximum absolute atomic E-state index is 13.9. The van der Waals surface area contributed by atoms with Gasteiger partial charge in [-0.05, 0) is 55.0 Å². The van der Waals surface area contributed by atoms with E-state index in [1.54, 1.807) is 49.6 Å². The number of imide groups is 1. The van der Waals surface area contributed by atoms with E-state index in [0.717, 1.165) is 10.5 Å². The molecule has 3 aromatic carbocycles. The van der Waals surface area contributed by atoms with Gasteiger partial charge in [0, 0.05) is 5.56 Å². The Morgan fingerprint density at radius 1 is 0.889 bits per heavy atom. The fraction of sp³-hybridized carbons (Fsp3) is 0.250. The molecule has 3 aromatic rings. The summed E-state index contributed by atoms with van der Waals surface area (Å²) < 4.78 is 15.8. The number of hydrogen-bond acceptors (Lipinski definition) is 6. The third-order valence-corrected chi connectivity index (χ3v) is 6.35. The zero-order valence-corrected chi connectivity index (χ0v) is 20.6. The normalized spacial score (nSPS) is 16.0. The summed E-state index contributed by atoms with van der Waals surface area (Å²) in [7, 11) is 4.54. The standard InChI is InChI=1S/C28H28N2O6/c1-18(19-8-6-5-7-9-19)29(27(32)20-10-15-24(35-3)25(16-20)36-4)23-17-26(31)30(28(23)33)21-11-13-22(34-2)14-12-21/h5-16,18,23H,17H2,1-4H3. The third kappa shape index (κ3) is 4.62. The van der Waals surface area contributed by atoms with Crippen LogP contribution < -0.4 is 19.1 Å². The molecule has 8 nitrogen and oxygen atoms in total. The van der Waals surface area contributed by atoms with E-state index in [0.29, 0.717) is 28.5 Å². The molecule has 1 aliphatic heterocycles. The molecule has 1 saturated heterocycles. The summed E-state index contributed by atoms with van der Waals surface area (Å²) >= 11 is 0. The van der Waals surface area contributed by atoms with Crippen molar-refractivity contribution in [1.29, 1.82) is 0 Å². The maximum atomic E-state index is 13.9. The Balaban J connectivity index is 1.74. The minimum Gasteiger partial charge on any atom is -0.497 e. The lowest BCUT2D eigenvalue weighted by Crippen LogP contribution is -2.46. The highest BCUT2D eigenvalue weighted by Gasteiger charge is 2.46. The molecular weight excluding hydrogens is 460 g/mol. The molecule has 2 unspecified atom stereocenters. The van der Waals surface area contributed by atoms with Gasteiger partial charge in [0.05, 0.1) is 39.5 Å². The van der Waals surface area contributed by atoms with Crippen LogP contribution in [0.2, 0.25) is 0 Å². The summed E-state index contributed by atoms with van der Waals surface area (Å²) in [5.74, 6) is 0.258. The van der Waals surface area contributed by atoms with Crippen molar-refractivity contribution in [2.45, 2.75) is 25.4 Å². The van der Waals surface area contributed by atoms with Gasteiger partial charge in [0.2, 0.25) is 5.91 Å². The van der Waals surface area contributed by atoms with E-state index in [2.05, 4.69) is 0 Å². The van der Waals surface area contributed by atoms with Gasteiger partial charge in [0.1, 0.15) is 11.8 Å². The predicted molar refractivity (Wildman–Crippen MR) is 134 cm³/mol. The number of nitrogens with zero attached hydrogens (tertiary/aromatic N) is 2.